The van der Waals surface area contributed by atoms with E-state index in [1.165, 1.54) is 0 Å². The standard InChI is InChI=1S/C24H26N6O2/c1-24(2,3)29-12-8-16-7-11-28(15-19(16)23(29)31)20-9-13-30-21(27-20)18(14-26-30)17-6-5-10-25-22(17)32-4/h5-6,8-10,12-14H,7,11,15H2,1-4H3. The minimum absolute atomic E-state index is 0.0749. The number of hydrogen-bond donors (Lipinski definition) is 0. The predicted octanol–water partition coefficient (Wildman–Crippen LogP) is 3.28. The number of nitrogens with zero attached hydrogens (tertiary/aromatic N) is 6. The molecule has 0 fully saturated rings. The fourth-order valence-electron chi connectivity index (χ4n) is 4.25. The first-order valence-electron chi connectivity index (χ1n) is 10.7. The topological polar surface area (TPSA) is 77.5 Å². The Morgan fingerprint density at radius 2 is 1.94 bits per heavy atom. The summed E-state index contributed by atoms with van der Waals surface area (Å²) >= 11 is 0. The summed E-state index contributed by atoms with van der Waals surface area (Å²) in [5.41, 5.74) is 4.19. The normalized spacial score (nSPS) is 13.9. The fraction of sp³-hybridized carbons (Fsp3) is 0.333. The second-order valence-corrected chi connectivity index (χ2v) is 9.01. The van der Waals surface area contributed by atoms with Gasteiger partial charge in [0, 0.05) is 41.8 Å². The fourth-order valence-corrected chi connectivity index (χ4v) is 4.25. The molecule has 1 aliphatic rings. The number of fused-ring (bicyclic) bond motifs is 2. The van der Waals surface area contributed by atoms with Gasteiger partial charge in [-0.05, 0) is 57.0 Å². The van der Waals surface area contributed by atoms with E-state index in [4.69, 9.17) is 9.72 Å². The van der Waals surface area contributed by atoms with E-state index < -0.39 is 0 Å². The van der Waals surface area contributed by atoms with Crippen molar-refractivity contribution in [3.63, 3.8) is 0 Å². The van der Waals surface area contributed by atoms with Gasteiger partial charge in [0.2, 0.25) is 5.88 Å². The van der Waals surface area contributed by atoms with E-state index in [-0.39, 0.29) is 11.1 Å². The molecule has 0 unspecified atom stereocenters. The quantitative estimate of drug-likeness (QED) is 0.496. The van der Waals surface area contributed by atoms with Gasteiger partial charge in [0.05, 0.1) is 25.4 Å². The summed E-state index contributed by atoms with van der Waals surface area (Å²) in [6.45, 7) is 7.48. The summed E-state index contributed by atoms with van der Waals surface area (Å²) in [6, 6.07) is 7.84. The van der Waals surface area contributed by atoms with Crippen LogP contribution in [-0.4, -0.2) is 37.8 Å². The lowest BCUT2D eigenvalue weighted by molar-refractivity contribution is 0.380. The van der Waals surface area contributed by atoms with E-state index in [0.717, 1.165) is 46.7 Å². The molecular weight excluding hydrogens is 404 g/mol. The maximum atomic E-state index is 13.2. The molecule has 0 amide bonds. The third kappa shape index (κ3) is 3.32. The highest BCUT2D eigenvalue weighted by molar-refractivity contribution is 5.80. The average Bonchev–Trinajstić information content (AvgIpc) is 3.21. The molecule has 0 radical (unpaired) electrons. The van der Waals surface area contributed by atoms with Crippen molar-refractivity contribution < 1.29 is 4.74 Å². The highest BCUT2D eigenvalue weighted by Crippen LogP contribution is 2.31. The lowest BCUT2D eigenvalue weighted by Crippen LogP contribution is -2.41. The molecule has 0 spiro atoms. The van der Waals surface area contributed by atoms with Crippen molar-refractivity contribution >= 4 is 11.5 Å². The van der Waals surface area contributed by atoms with Crippen LogP contribution in [0.5, 0.6) is 5.88 Å². The number of hydrogen-bond acceptors (Lipinski definition) is 6. The van der Waals surface area contributed by atoms with Gasteiger partial charge in [0.1, 0.15) is 5.82 Å². The molecule has 0 atom stereocenters. The average molecular weight is 431 g/mol. The van der Waals surface area contributed by atoms with E-state index in [9.17, 15) is 4.79 Å². The lowest BCUT2D eigenvalue weighted by atomic mass is 10.00. The minimum Gasteiger partial charge on any atom is -0.481 e. The Labute approximate surface area is 186 Å². The van der Waals surface area contributed by atoms with Crippen LogP contribution < -0.4 is 15.2 Å². The SMILES string of the molecule is COc1ncccc1-c1cnn2ccc(N3CCc4ccn(C(C)(C)C)c(=O)c4C3)nc12. The van der Waals surface area contributed by atoms with Gasteiger partial charge in [-0.2, -0.15) is 5.10 Å². The maximum absolute atomic E-state index is 13.2. The predicted molar refractivity (Wildman–Crippen MR) is 123 cm³/mol. The maximum Gasteiger partial charge on any atom is 0.256 e. The lowest BCUT2D eigenvalue weighted by Gasteiger charge is -2.31. The zero-order valence-electron chi connectivity index (χ0n) is 18.7. The van der Waals surface area contributed by atoms with E-state index in [2.05, 4.69) is 21.0 Å². The second-order valence-electron chi connectivity index (χ2n) is 9.01. The van der Waals surface area contributed by atoms with Gasteiger partial charge in [-0.1, -0.05) is 0 Å². The van der Waals surface area contributed by atoms with Gasteiger partial charge in [-0.15, -0.1) is 0 Å². The Hall–Kier alpha value is -3.68. The van der Waals surface area contributed by atoms with Crippen molar-refractivity contribution in [2.75, 3.05) is 18.6 Å². The number of anilines is 1. The molecule has 5 rings (SSSR count). The molecule has 4 aromatic rings. The molecule has 5 heterocycles. The van der Waals surface area contributed by atoms with Crippen molar-refractivity contribution in [3.8, 4) is 17.0 Å². The van der Waals surface area contributed by atoms with Crippen LogP contribution in [0.1, 0.15) is 31.9 Å². The molecule has 1 aliphatic heterocycles. The molecule has 32 heavy (non-hydrogen) atoms. The summed E-state index contributed by atoms with van der Waals surface area (Å²) in [5, 5.41) is 4.44. The summed E-state index contributed by atoms with van der Waals surface area (Å²) in [7, 11) is 1.60. The van der Waals surface area contributed by atoms with Gasteiger partial charge in [-0.3, -0.25) is 4.79 Å². The van der Waals surface area contributed by atoms with Crippen molar-refractivity contribution in [2.45, 2.75) is 39.3 Å². The monoisotopic (exact) mass is 430 g/mol. The van der Waals surface area contributed by atoms with Crippen molar-refractivity contribution in [3.05, 3.63) is 70.5 Å². The number of ether oxygens (including phenoxy) is 1. The molecule has 0 saturated carbocycles. The van der Waals surface area contributed by atoms with Crippen LogP contribution in [0.25, 0.3) is 16.8 Å². The number of aromatic nitrogens is 5. The molecule has 0 aliphatic carbocycles. The van der Waals surface area contributed by atoms with Crippen LogP contribution in [-0.2, 0) is 18.5 Å². The molecule has 0 bridgehead atoms. The van der Waals surface area contributed by atoms with Crippen LogP contribution in [0.3, 0.4) is 0 Å². The van der Waals surface area contributed by atoms with E-state index in [1.54, 1.807) is 24.0 Å². The molecule has 0 saturated heterocycles. The largest absolute Gasteiger partial charge is 0.481 e. The van der Waals surface area contributed by atoms with Gasteiger partial charge >= 0.3 is 0 Å². The Balaban J connectivity index is 1.55. The molecule has 164 valence electrons. The van der Waals surface area contributed by atoms with Gasteiger partial charge in [-0.25, -0.2) is 14.5 Å². The minimum atomic E-state index is -0.263. The zero-order chi connectivity index (χ0) is 22.5. The van der Waals surface area contributed by atoms with Crippen molar-refractivity contribution in [2.24, 2.45) is 0 Å². The zero-order valence-corrected chi connectivity index (χ0v) is 18.7. The van der Waals surface area contributed by atoms with Gasteiger partial charge in [0.15, 0.2) is 5.65 Å². The summed E-state index contributed by atoms with van der Waals surface area (Å²) in [5.74, 6) is 1.35. The Morgan fingerprint density at radius 1 is 1.09 bits per heavy atom. The van der Waals surface area contributed by atoms with Crippen LogP contribution in [0.15, 0.2) is 53.8 Å². The molecule has 0 aromatic carbocycles. The van der Waals surface area contributed by atoms with Crippen molar-refractivity contribution in [1.29, 1.82) is 0 Å². The first-order chi connectivity index (χ1) is 15.4. The van der Waals surface area contributed by atoms with Crippen LogP contribution >= 0.6 is 0 Å². The molecule has 4 aromatic heterocycles. The van der Waals surface area contributed by atoms with Crippen LogP contribution in [0, 0.1) is 0 Å². The third-order valence-electron chi connectivity index (χ3n) is 5.95. The highest BCUT2D eigenvalue weighted by Gasteiger charge is 2.25. The van der Waals surface area contributed by atoms with Crippen LogP contribution in [0.2, 0.25) is 0 Å². The molecule has 8 heteroatoms. The first kappa shape index (κ1) is 20.2. The number of pyridine rings is 2. The third-order valence-corrected chi connectivity index (χ3v) is 5.95. The van der Waals surface area contributed by atoms with Gasteiger partial charge in [0.25, 0.3) is 5.56 Å². The molecular formula is C24H26N6O2. The molecule has 0 N–H and O–H groups in total. The van der Waals surface area contributed by atoms with Crippen LogP contribution in [0.4, 0.5) is 5.82 Å². The summed E-state index contributed by atoms with van der Waals surface area (Å²) in [6.07, 6.45) is 8.10. The van der Waals surface area contributed by atoms with Gasteiger partial charge < -0.3 is 14.2 Å². The first-order valence-corrected chi connectivity index (χ1v) is 10.7. The Bertz CT molecular complexity index is 1370. The highest BCUT2D eigenvalue weighted by atomic mass is 16.5. The van der Waals surface area contributed by atoms with E-state index in [0.29, 0.717) is 12.4 Å². The van der Waals surface area contributed by atoms with E-state index in [1.807, 2.05) is 55.9 Å². The second kappa shape index (κ2) is 7.47. The Kier molecular flexibility index (Phi) is 4.73. The summed E-state index contributed by atoms with van der Waals surface area (Å²) in [4.78, 5) is 24.6. The Morgan fingerprint density at radius 3 is 2.72 bits per heavy atom. The summed E-state index contributed by atoms with van der Waals surface area (Å²) < 4.78 is 8.99. The van der Waals surface area contributed by atoms with Crippen molar-refractivity contribution in [1.82, 2.24) is 24.1 Å². The van der Waals surface area contributed by atoms with E-state index >= 15 is 0 Å². The smallest absolute Gasteiger partial charge is 0.256 e. The molecule has 8 nitrogen and oxygen atoms in total. The number of methoxy groups -OCH3 is 1. The number of rotatable bonds is 3.